The van der Waals surface area contributed by atoms with Crippen molar-refractivity contribution in [1.29, 1.82) is 0 Å². The number of hydrogen-bond acceptors (Lipinski definition) is 6. The molecule has 0 fully saturated rings. The van der Waals surface area contributed by atoms with Crippen LogP contribution in [-0.4, -0.2) is 20.9 Å². The first kappa shape index (κ1) is 12.4. The van der Waals surface area contributed by atoms with Crippen LogP contribution >= 0.6 is 11.3 Å². The molecule has 0 saturated heterocycles. The average molecular weight is 263 g/mol. The van der Waals surface area contributed by atoms with Crippen LogP contribution in [-0.2, 0) is 0 Å². The predicted molar refractivity (Wildman–Crippen MR) is 70.6 cm³/mol. The third-order valence-electron chi connectivity index (χ3n) is 2.24. The lowest BCUT2D eigenvalue weighted by molar-refractivity contribution is 0.102. The summed E-state index contributed by atoms with van der Waals surface area (Å²) < 4.78 is 0. The van der Waals surface area contributed by atoms with Crippen LogP contribution in [0.2, 0.25) is 0 Å². The summed E-state index contributed by atoms with van der Waals surface area (Å²) in [6.07, 6.45) is 2.68. The van der Waals surface area contributed by atoms with Gasteiger partial charge in [0.15, 0.2) is 5.13 Å². The van der Waals surface area contributed by atoms with Gasteiger partial charge < -0.3 is 5.73 Å². The van der Waals surface area contributed by atoms with Crippen molar-refractivity contribution in [1.82, 2.24) is 15.0 Å². The highest BCUT2D eigenvalue weighted by Crippen LogP contribution is 2.21. The molecule has 3 N–H and O–H groups in total. The molecule has 0 bridgehead atoms. The molecule has 94 valence electrons. The van der Waals surface area contributed by atoms with E-state index in [9.17, 15) is 4.79 Å². The fourth-order valence-corrected chi connectivity index (χ4v) is 2.09. The molecule has 0 spiro atoms. The summed E-state index contributed by atoms with van der Waals surface area (Å²) in [4.78, 5) is 23.8. The summed E-state index contributed by atoms with van der Waals surface area (Å²) in [5.41, 5.74) is 6.57. The molecular formula is C11H13N5OS. The van der Waals surface area contributed by atoms with E-state index in [1.807, 2.05) is 19.2 Å². The molecule has 2 aromatic heterocycles. The number of amides is 1. The lowest BCUT2D eigenvalue weighted by Gasteiger charge is -2.01. The van der Waals surface area contributed by atoms with Crippen LogP contribution in [0.3, 0.4) is 0 Å². The zero-order valence-electron chi connectivity index (χ0n) is 10.0. The number of aromatic nitrogens is 3. The van der Waals surface area contributed by atoms with Gasteiger partial charge in [-0.05, 0) is 5.92 Å². The number of carbonyl (C=O) groups is 1. The number of nitrogens with two attached hydrogens (primary N) is 1. The highest BCUT2D eigenvalue weighted by Gasteiger charge is 2.11. The molecule has 2 heterocycles. The second-order valence-electron chi connectivity index (χ2n) is 4.01. The van der Waals surface area contributed by atoms with Gasteiger partial charge >= 0.3 is 0 Å². The Kier molecular flexibility index (Phi) is 3.52. The minimum Gasteiger partial charge on any atom is -0.382 e. The standard InChI is InChI=1S/C11H13N5OS/c1-6(2)8-5-18-11(15-8)16-10(17)7-3-14-9(12)4-13-7/h3-6H,1-2H3,(H2,12,14)(H,15,16,17). The zero-order chi connectivity index (χ0) is 13.1. The van der Waals surface area contributed by atoms with Gasteiger partial charge in [-0.3, -0.25) is 10.1 Å². The van der Waals surface area contributed by atoms with Gasteiger partial charge in [0.25, 0.3) is 5.91 Å². The first-order chi connectivity index (χ1) is 8.56. The highest BCUT2D eigenvalue weighted by molar-refractivity contribution is 7.14. The summed E-state index contributed by atoms with van der Waals surface area (Å²) in [5.74, 6) is 0.276. The quantitative estimate of drug-likeness (QED) is 0.882. The number of nitrogen functional groups attached to an aromatic ring is 1. The Bertz CT molecular complexity index is 549. The van der Waals surface area contributed by atoms with E-state index < -0.39 is 0 Å². The molecule has 1 amide bonds. The Balaban J connectivity index is 2.08. The maximum absolute atomic E-state index is 11.8. The summed E-state index contributed by atoms with van der Waals surface area (Å²) in [7, 11) is 0. The van der Waals surface area contributed by atoms with E-state index in [1.165, 1.54) is 23.7 Å². The molecular weight excluding hydrogens is 250 g/mol. The van der Waals surface area contributed by atoms with Crippen molar-refractivity contribution in [2.75, 3.05) is 11.1 Å². The monoisotopic (exact) mass is 263 g/mol. The maximum atomic E-state index is 11.8. The zero-order valence-corrected chi connectivity index (χ0v) is 10.9. The summed E-state index contributed by atoms with van der Waals surface area (Å²) in [6.45, 7) is 4.10. The van der Waals surface area contributed by atoms with E-state index >= 15 is 0 Å². The van der Waals surface area contributed by atoms with Crippen molar-refractivity contribution in [2.45, 2.75) is 19.8 Å². The second-order valence-corrected chi connectivity index (χ2v) is 4.87. The van der Waals surface area contributed by atoms with Gasteiger partial charge in [0.1, 0.15) is 11.5 Å². The van der Waals surface area contributed by atoms with Gasteiger partial charge in [0, 0.05) is 5.38 Å². The summed E-state index contributed by atoms with van der Waals surface area (Å²) >= 11 is 1.39. The molecule has 0 aromatic carbocycles. The van der Waals surface area contributed by atoms with Crippen molar-refractivity contribution in [3.63, 3.8) is 0 Å². The van der Waals surface area contributed by atoms with E-state index in [0.717, 1.165) is 5.69 Å². The lowest BCUT2D eigenvalue weighted by atomic mass is 10.2. The Morgan fingerprint density at radius 1 is 1.39 bits per heavy atom. The SMILES string of the molecule is CC(C)c1csc(NC(=O)c2cnc(N)cn2)n1. The average Bonchev–Trinajstić information content (AvgIpc) is 2.78. The molecule has 0 aliphatic heterocycles. The first-order valence-corrected chi connectivity index (χ1v) is 6.28. The molecule has 0 atom stereocenters. The van der Waals surface area contributed by atoms with E-state index in [1.54, 1.807) is 0 Å². The van der Waals surface area contributed by atoms with Crippen molar-refractivity contribution >= 4 is 28.2 Å². The van der Waals surface area contributed by atoms with E-state index in [4.69, 9.17) is 5.73 Å². The molecule has 0 aliphatic rings. The third kappa shape index (κ3) is 2.80. The van der Waals surface area contributed by atoms with Gasteiger partial charge in [-0.2, -0.15) is 0 Å². The van der Waals surface area contributed by atoms with Crippen LogP contribution in [0, 0.1) is 0 Å². The van der Waals surface area contributed by atoms with Crippen LogP contribution in [0.5, 0.6) is 0 Å². The Labute approximate surface area is 108 Å². The van der Waals surface area contributed by atoms with Crippen molar-refractivity contribution in [3.8, 4) is 0 Å². The smallest absolute Gasteiger partial charge is 0.277 e. The summed E-state index contributed by atoms with van der Waals surface area (Å²) in [5, 5.41) is 5.16. The molecule has 6 nitrogen and oxygen atoms in total. The van der Waals surface area contributed by atoms with Crippen molar-refractivity contribution in [3.05, 3.63) is 29.2 Å². The normalized spacial score (nSPS) is 10.6. The van der Waals surface area contributed by atoms with Gasteiger partial charge in [0.05, 0.1) is 18.1 Å². The highest BCUT2D eigenvalue weighted by atomic mass is 32.1. The predicted octanol–water partition coefficient (Wildman–Crippen LogP) is 1.89. The number of nitrogens with zero attached hydrogens (tertiary/aromatic N) is 3. The van der Waals surface area contributed by atoms with Crippen molar-refractivity contribution < 1.29 is 4.79 Å². The minimum atomic E-state index is -0.341. The lowest BCUT2D eigenvalue weighted by Crippen LogP contribution is -2.14. The van der Waals surface area contributed by atoms with E-state index in [-0.39, 0.29) is 17.4 Å². The third-order valence-corrected chi connectivity index (χ3v) is 3.01. The first-order valence-electron chi connectivity index (χ1n) is 5.40. The van der Waals surface area contributed by atoms with Crippen LogP contribution in [0.15, 0.2) is 17.8 Å². The molecule has 7 heteroatoms. The fraction of sp³-hybridized carbons (Fsp3) is 0.273. The number of rotatable bonds is 3. The number of anilines is 2. The molecule has 18 heavy (non-hydrogen) atoms. The van der Waals surface area contributed by atoms with E-state index in [2.05, 4.69) is 20.3 Å². The number of thiazole rings is 1. The number of carbonyl (C=O) groups excluding carboxylic acids is 1. The minimum absolute atomic E-state index is 0.213. The van der Waals surface area contributed by atoms with Crippen LogP contribution in [0.25, 0.3) is 0 Å². The van der Waals surface area contributed by atoms with Gasteiger partial charge in [0.2, 0.25) is 0 Å². The molecule has 0 saturated carbocycles. The molecule has 0 radical (unpaired) electrons. The Morgan fingerprint density at radius 2 is 2.17 bits per heavy atom. The maximum Gasteiger partial charge on any atom is 0.277 e. The molecule has 2 rings (SSSR count). The topological polar surface area (TPSA) is 93.8 Å². The molecule has 2 aromatic rings. The van der Waals surface area contributed by atoms with E-state index in [0.29, 0.717) is 11.0 Å². The largest absolute Gasteiger partial charge is 0.382 e. The molecule has 0 aliphatic carbocycles. The molecule has 0 unspecified atom stereocenters. The van der Waals surface area contributed by atoms with Crippen LogP contribution in [0.4, 0.5) is 10.9 Å². The van der Waals surface area contributed by atoms with Gasteiger partial charge in [-0.15, -0.1) is 11.3 Å². The van der Waals surface area contributed by atoms with Gasteiger partial charge in [-0.25, -0.2) is 15.0 Å². The number of nitrogens with one attached hydrogen (secondary N) is 1. The Hall–Kier alpha value is -2.02. The van der Waals surface area contributed by atoms with Gasteiger partial charge in [-0.1, -0.05) is 13.8 Å². The Morgan fingerprint density at radius 3 is 2.72 bits per heavy atom. The summed E-state index contributed by atoms with van der Waals surface area (Å²) in [6, 6.07) is 0. The van der Waals surface area contributed by atoms with Crippen LogP contribution < -0.4 is 11.1 Å². The van der Waals surface area contributed by atoms with Crippen LogP contribution in [0.1, 0.15) is 35.9 Å². The second kappa shape index (κ2) is 5.09. The van der Waals surface area contributed by atoms with Crippen molar-refractivity contribution in [2.24, 2.45) is 0 Å². The number of hydrogen-bond donors (Lipinski definition) is 2. The fourth-order valence-electron chi connectivity index (χ4n) is 1.23.